The Morgan fingerprint density at radius 1 is 0.429 bits per heavy atom. The lowest BCUT2D eigenvalue weighted by atomic mass is 9.74. The molecular weight excluding hydrogens is 420 g/mol. The second-order valence-electron chi connectivity index (χ2n) is 13.1. The van der Waals surface area contributed by atoms with E-state index in [1.807, 2.05) is 0 Å². The highest BCUT2D eigenvalue weighted by molar-refractivity contribution is 4.75. The van der Waals surface area contributed by atoms with Gasteiger partial charge >= 0.3 is 0 Å². The fraction of sp³-hybridized carbons (Fsp3) is 1.00. The molecule has 0 heteroatoms. The van der Waals surface area contributed by atoms with Gasteiger partial charge in [0, 0.05) is 0 Å². The maximum absolute atomic E-state index is 2.50. The van der Waals surface area contributed by atoms with Gasteiger partial charge in [-0.3, -0.25) is 0 Å². The molecule has 0 radical (unpaired) electrons. The van der Waals surface area contributed by atoms with Crippen molar-refractivity contribution in [2.75, 3.05) is 0 Å². The van der Waals surface area contributed by atoms with Gasteiger partial charge in [-0.15, -0.1) is 0 Å². The Morgan fingerprint density at radius 3 is 1.26 bits per heavy atom. The summed E-state index contributed by atoms with van der Waals surface area (Å²) < 4.78 is 0. The molecule has 0 saturated heterocycles. The molecule has 1 saturated carbocycles. The topological polar surface area (TPSA) is 0 Å². The standard InChI is InChI=1S/C35H70/c1-5-7-19-24-32(3)30-31-33(4)25-20-17-15-13-11-9-10-12-14-16-18-21-27-35-29-23-22-28-34(35)26-8-6-2/h32-35H,5-31H2,1-4H3. The van der Waals surface area contributed by atoms with E-state index in [0.717, 1.165) is 23.7 Å². The molecule has 0 amide bonds. The maximum atomic E-state index is 2.50. The maximum Gasteiger partial charge on any atom is -0.0386 e. The van der Waals surface area contributed by atoms with Crippen molar-refractivity contribution in [1.29, 1.82) is 0 Å². The summed E-state index contributed by atoms with van der Waals surface area (Å²) in [6.07, 6.45) is 40.1. The summed E-state index contributed by atoms with van der Waals surface area (Å²) in [5.41, 5.74) is 0. The van der Waals surface area contributed by atoms with Gasteiger partial charge < -0.3 is 0 Å². The smallest absolute Gasteiger partial charge is 0.0386 e. The molecule has 0 aromatic carbocycles. The molecule has 4 unspecified atom stereocenters. The first-order valence-electron chi connectivity index (χ1n) is 17.2. The van der Waals surface area contributed by atoms with Crippen LogP contribution in [0.4, 0.5) is 0 Å². The van der Waals surface area contributed by atoms with E-state index in [1.54, 1.807) is 19.3 Å². The quantitative estimate of drug-likeness (QED) is 0.112. The van der Waals surface area contributed by atoms with Crippen molar-refractivity contribution < 1.29 is 0 Å². The van der Waals surface area contributed by atoms with E-state index in [9.17, 15) is 0 Å². The van der Waals surface area contributed by atoms with Crippen LogP contribution in [0.1, 0.15) is 201 Å². The van der Waals surface area contributed by atoms with Gasteiger partial charge in [0.2, 0.25) is 0 Å². The summed E-state index contributed by atoms with van der Waals surface area (Å²) in [5.74, 6) is 4.07. The molecule has 1 aliphatic rings. The first kappa shape index (κ1) is 33.0. The Bertz CT molecular complexity index is 412. The van der Waals surface area contributed by atoms with Gasteiger partial charge in [0.25, 0.3) is 0 Å². The van der Waals surface area contributed by atoms with Crippen LogP contribution in [0.15, 0.2) is 0 Å². The van der Waals surface area contributed by atoms with E-state index in [0.29, 0.717) is 0 Å². The van der Waals surface area contributed by atoms with Crippen LogP contribution in [0.5, 0.6) is 0 Å². The average Bonchev–Trinajstić information content (AvgIpc) is 2.87. The molecule has 1 aliphatic carbocycles. The van der Waals surface area contributed by atoms with Crippen LogP contribution in [0.2, 0.25) is 0 Å². The Morgan fingerprint density at radius 2 is 0.800 bits per heavy atom. The number of hydrogen-bond donors (Lipinski definition) is 0. The molecule has 0 nitrogen and oxygen atoms in total. The van der Waals surface area contributed by atoms with Gasteiger partial charge in [-0.2, -0.15) is 0 Å². The van der Waals surface area contributed by atoms with Gasteiger partial charge in [-0.25, -0.2) is 0 Å². The summed E-state index contributed by atoms with van der Waals surface area (Å²) in [4.78, 5) is 0. The molecule has 0 spiro atoms. The summed E-state index contributed by atoms with van der Waals surface area (Å²) in [6, 6.07) is 0. The molecule has 0 aromatic rings. The average molecular weight is 491 g/mol. The highest BCUT2D eigenvalue weighted by atomic mass is 14.3. The minimum absolute atomic E-state index is 0.952. The van der Waals surface area contributed by atoms with E-state index in [1.165, 1.54) is 154 Å². The van der Waals surface area contributed by atoms with Gasteiger partial charge in [-0.05, 0) is 23.7 Å². The molecule has 0 bridgehead atoms. The zero-order valence-electron chi connectivity index (χ0n) is 25.4. The van der Waals surface area contributed by atoms with Crippen molar-refractivity contribution in [2.24, 2.45) is 23.7 Å². The fourth-order valence-corrected chi connectivity index (χ4v) is 6.78. The third kappa shape index (κ3) is 19.7. The minimum atomic E-state index is 0.952. The summed E-state index contributed by atoms with van der Waals surface area (Å²) in [6.45, 7) is 9.65. The van der Waals surface area contributed by atoms with Crippen molar-refractivity contribution in [3.8, 4) is 0 Å². The van der Waals surface area contributed by atoms with Crippen LogP contribution in [0.3, 0.4) is 0 Å². The lowest BCUT2D eigenvalue weighted by molar-refractivity contribution is 0.203. The molecule has 210 valence electrons. The van der Waals surface area contributed by atoms with Crippen molar-refractivity contribution in [1.82, 2.24) is 0 Å². The van der Waals surface area contributed by atoms with Crippen molar-refractivity contribution in [3.05, 3.63) is 0 Å². The monoisotopic (exact) mass is 491 g/mol. The zero-order chi connectivity index (χ0) is 25.4. The zero-order valence-corrected chi connectivity index (χ0v) is 25.4. The normalized spacial score (nSPS) is 20.2. The largest absolute Gasteiger partial charge is 0.0654 e. The first-order valence-corrected chi connectivity index (χ1v) is 17.2. The molecule has 0 heterocycles. The SMILES string of the molecule is CCCCCC(C)CCC(C)CCCCCCCCCCCCCCC1CCCCC1CCCC. The van der Waals surface area contributed by atoms with Crippen molar-refractivity contribution in [2.45, 2.75) is 201 Å². The van der Waals surface area contributed by atoms with E-state index in [4.69, 9.17) is 0 Å². The predicted molar refractivity (Wildman–Crippen MR) is 161 cm³/mol. The Labute approximate surface area is 224 Å². The molecule has 4 atom stereocenters. The molecule has 1 fully saturated rings. The highest BCUT2D eigenvalue weighted by Crippen LogP contribution is 2.36. The molecular formula is C35H70. The highest BCUT2D eigenvalue weighted by Gasteiger charge is 2.23. The van der Waals surface area contributed by atoms with Gasteiger partial charge in [0.15, 0.2) is 0 Å². The van der Waals surface area contributed by atoms with Crippen LogP contribution in [0, 0.1) is 23.7 Å². The minimum Gasteiger partial charge on any atom is -0.0654 e. The van der Waals surface area contributed by atoms with Crippen molar-refractivity contribution >= 4 is 0 Å². The van der Waals surface area contributed by atoms with Crippen molar-refractivity contribution in [3.63, 3.8) is 0 Å². The van der Waals surface area contributed by atoms with Crippen LogP contribution in [0.25, 0.3) is 0 Å². The first-order chi connectivity index (χ1) is 17.2. The number of hydrogen-bond acceptors (Lipinski definition) is 0. The Hall–Kier alpha value is 0. The van der Waals surface area contributed by atoms with Gasteiger partial charge in [0.05, 0.1) is 0 Å². The molecule has 1 rings (SSSR count). The van der Waals surface area contributed by atoms with Crippen LogP contribution in [-0.2, 0) is 0 Å². The Balaban J connectivity index is 1.81. The van der Waals surface area contributed by atoms with E-state index >= 15 is 0 Å². The second kappa shape index (κ2) is 24.3. The lowest BCUT2D eigenvalue weighted by Gasteiger charge is -2.31. The predicted octanol–water partition coefficient (Wildman–Crippen LogP) is 13.1. The van der Waals surface area contributed by atoms with Gasteiger partial charge in [0.1, 0.15) is 0 Å². The summed E-state index contributed by atoms with van der Waals surface area (Å²) >= 11 is 0. The van der Waals surface area contributed by atoms with E-state index < -0.39 is 0 Å². The third-order valence-corrected chi connectivity index (χ3v) is 9.47. The molecule has 35 heavy (non-hydrogen) atoms. The number of unbranched alkanes of at least 4 members (excludes halogenated alkanes) is 14. The Kier molecular flexibility index (Phi) is 23.0. The number of rotatable bonds is 25. The molecule has 0 N–H and O–H groups in total. The van der Waals surface area contributed by atoms with E-state index in [2.05, 4.69) is 27.7 Å². The third-order valence-electron chi connectivity index (χ3n) is 9.47. The van der Waals surface area contributed by atoms with Crippen LogP contribution in [-0.4, -0.2) is 0 Å². The van der Waals surface area contributed by atoms with E-state index in [-0.39, 0.29) is 0 Å². The van der Waals surface area contributed by atoms with Crippen LogP contribution < -0.4 is 0 Å². The summed E-state index contributed by atoms with van der Waals surface area (Å²) in [5, 5.41) is 0. The molecule has 0 aliphatic heterocycles. The second-order valence-corrected chi connectivity index (χ2v) is 13.1. The van der Waals surface area contributed by atoms with Gasteiger partial charge in [-0.1, -0.05) is 201 Å². The summed E-state index contributed by atoms with van der Waals surface area (Å²) in [7, 11) is 0. The van der Waals surface area contributed by atoms with Crippen LogP contribution >= 0.6 is 0 Å². The fourth-order valence-electron chi connectivity index (χ4n) is 6.78. The molecule has 0 aromatic heterocycles. The lowest BCUT2D eigenvalue weighted by Crippen LogP contribution is -2.19.